The van der Waals surface area contributed by atoms with Gasteiger partial charge in [-0.3, -0.25) is 0 Å². The molecule has 4 heteroatoms. The van der Waals surface area contributed by atoms with Crippen molar-refractivity contribution in [3.8, 4) is 17.2 Å². The third-order valence-corrected chi connectivity index (χ3v) is 3.08. The summed E-state index contributed by atoms with van der Waals surface area (Å²) in [5, 5.41) is 0. The predicted octanol–water partition coefficient (Wildman–Crippen LogP) is 2.74. The average Bonchev–Trinajstić information content (AvgIpc) is 2.49. The number of benzene rings is 2. The zero-order valence-corrected chi connectivity index (χ0v) is 11.0. The molecule has 20 heavy (non-hydrogen) atoms. The van der Waals surface area contributed by atoms with Gasteiger partial charge in [-0.1, -0.05) is 30.3 Å². The third kappa shape index (κ3) is 2.45. The fourth-order valence-corrected chi connectivity index (χ4v) is 1.98. The summed E-state index contributed by atoms with van der Waals surface area (Å²) in [6.07, 6.45) is -0.746. The minimum Gasteiger partial charge on any atom is -0.485 e. The summed E-state index contributed by atoms with van der Waals surface area (Å²) in [4.78, 5) is 12.1. The van der Waals surface area contributed by atoms with Crippen LogP contribution in [0.15, 0.2) is 48.5 Å². The first-order chi connectivity index (χ1) is 9.74. The largest absolute Gasteiger partial charge is 0.485 e. The molecular formula is C16H14O4. The predicted molar refractivity (Wildman–Crippen MR) is 73.2 cm³/mol. The molecule has 0 aliphatic carbocycles. The Morgan fingerprint density at radius 1 is 1.10 bits per heavy atom. The molecule has 1 aliphatic heterocycles. The van der Waals surface area contributed by atoms with Crippen molar-refractivity contribution >= 4 is 5.97 Å². The Kier molecular flexibility index (Phi) is 3.29. The van der Waals surface area contributed by atoms with Crippen molar-refractivity contribution in [1.29, 1.82) is 0 Å². The minimum atomic E-state index is -0.746. The second-order valence-corrected chi connectivity index (χ2v) is 4.55. The van der Waals surface area contributed by atoms with E-state index >= 15 is 0 Å². The molecule has 0 N–H and O–H groups in total. The van der Waals surface area contributed by atoms with Gasteiger partial charge in [0.2, 0.25) is 6.10 Å². The third-order valence-electron chi connectivity index (χ3n) is 3.08. The lowest BCUT2D eigenvalue weighted by Gasteiger charge is -2.25. The number of ether oxygens (including phenoxy) is 3. The number of para-hydroxylation sites is 3. The molecule has 4 nitrogen and oxygen atoms in total. The molecule has 0 aromatic heterocycles. The second-order valence-electron chi connectivity index (χ2n) is 4.55. The summed E-state index contributed by atoms with van der Waals surface area (Å²) in [6, 6.07) is 14.6. The van der Waals surface area contributed by atoms with Crippen molar-refractivity contribution in [2.45, 2.75) is 13.0 Å². The smallest absolute Gasteiger partial charge is 0.356 e. The van der Waals surface area contributed by atoms with Gasteiger partial charge < -0.3 is 14.2 Å². The van der Waals surface area contributed by atoms with Crippen molar-refractivity contribution in [2.24, 2.45) is 0 Å². The molecule has 0 radical (unpaired) electrons. The zero-order valence-electron chi connectivity index (χ0n) is 11.0. The Hall–Kier alpha value is -2.49. The Morgan fingerprint density at radius 3 is 2.60 bits per heavy atom. The first-order valence-corrected chi connectivity index (χ1v) is 6.40. The van der Waals surface area contributed by atoms with E-state index in [2.05, 4.69) is 0 Å². The lowest BCUT2D eigenvalue weighted by atomic mass is 10.2. The summed E-state index contributed by atoms with van der Waals surface area (Å²) in [5.74, 6) is 1.30. The van der Waals surface area contributed by atoms with E-state index in [1.165, 1.54) is 0 Å². The van der Waals surface area contributed by atoms with Gasteiger partial charge in [-0.2, -0.15) is 0 Å². The van der Waals surface area contributed by atoms with E-state index in [0.717, 1.165) is 5.56 Å². The maximum Gasteiger partial charge on any atom is 0.356 e. The van der Waals surface area contributed by atoms with E-state index in [1.807, 2.05) is 37.3 Å². The molecule has 2 aromatic carbocycles. The van der Waals surface area contributed by atoms with Crippen LogP contribution in [0.4, 0.5) is 0 Å². The van der Waals surface area contributed by atoms with Crippen LogP contribution >= 0.6 is 0 Å². The van der Waals surface area contributed by atoms with E-state index in [1.54, 1.807) is 18.2 Å². The normalized spacial score (nSPS) is 16.6. The first kappa shape index (κ1) is 12.5. The molecular weight excluding hydrogens is 256 g/mol. The number of hydrogen-bond donors (Lipinski definition) is 0. The van der Waals surface area contributed by atoms with Crippen molar-refractivity contribution in [2.75, 3.05) is 6.61 Å². The molecule has 0 spiro atoms. The van der Waals surface area contributed by atoms with Gasteiger partial charge in [-0.25, -0.2) is 4.79 Å². The summed E-state index contributed by atoms with van der Waals surface area (Å²) in [5.41, 5.74) is 0.901. The van der Waals surface area contributed by atoms with Crippen LogP contribution in [-0.2, 0) is 4.79 Å². The first-order valence-electron chi connectivity index (χ1n) is 6.40. The Balaban J connectivity index is 1.72. The standard InChI is InChI=1S/C16H14O4/c1-11-6-2-3-7-12(11)20-16(17)15-10-18-13-8-4-5-9-14(13)19-15/h2-9,15H,10H2,1H3/t15-/m1/s1. The van der Waals surface area contributed by atoms with Crippen molar-refractivity contribution in [3.63, 3.8) is 0 Å². The Bertz CT molecular complexity index is 636. The molecule has 1 atom stereocenters. The maximum absolute atomic E-state index is 12.1. The molecule has 2 aromatic rings. The number of carbonyl (C=O) groups excluding carboxylic acids is 1. The van der Waals surface area contributed by atoms with Crippen LogP contribution < -0.4 is 14.2 Å². The van der Waals surface area contributed by atoms with E-state index < -0.39 is 12.1 Å². The van der Waals surface area contributed by atoms with Crippen LogP contribution in [0.5, 0.6) is 17.2 Å². The lowest BCUT2D eigenvalue weighted by molar-refractivity contribution is -0.144. The Morgan fingerprint density at radius 2 is 1.80 bits per heavy atom. The SMILES string of the molecule is Cc1ccccc1OC(=O)[C@H]1COc2ccccc2O1. The van der Waals surface area contributed by atoms with Gasteiger partial charge >= 0.3 is 5.97 Å². The van der Waals surface area contributed by atoms with E-state index in [-0.39, 0.29) is 6.61 Å². The molecule has 0 saturated carbocycles. The highest BCUT2D eigenvalue weighted by Crippen LogP contribution is 2.31. The van der Waals surface area contributed by atoms with Crippen LogP contribution in [0, 0.1) is 6.92 Å². The fourth-order valence-electron chi connectivity index (χ4n) is 1.98. The Labute approximate surface area is 116 Å². The van der Waals surface area contributed by atoms with E-state index in [0.29, 0.717) is 17.2 Å². The van der Waals surface area contributed by atoms with Crippen molar-refractivity contribution in [3.05, 3.63) is 54.1 Å². The number of fused-ring (bicyclic) bond motifs is 1. The van der Waals surface area contributed by atoms with Crippen LogP contribution in [0.2, 0.25) is 0 Å². The molecule has 0 bridgehead atoms. The molecule has 1 heterocycles. The summed E-state index contributed by atoms with van der Waals surface area (Å²) >= 11 is 0. The summed E-state index contributed by atoms with van der Waals surface area (Å²) in [7, 11) is 0. The highest BCUT2D eigenvalue weighted by atomic mass is 16.6. The minimum absolute atomic E-state index is 0.154. The average molecular weight is 270 g/mol. The van der Waals surface area contributed by atoms with E-state index in [4.69, 9.17) is 14.2 Å². The van der Waals surface area contributed by atoms with Crippen molar-refractivity contribution in [1.82, 2.24) is 0 Å². The molecule has 1 aliphatic rings. The summed E-state index contributed by atoms with van der Waals surface area (Å²) < 4.78 is 16.5. The van der Waals surface area contributed by atoms with Crippen LogP contribution in [0.1, 0.15) is 5.56 Å². The van der Waals surface area contributed by atoms with Gasteiger partial charge in [0, 0.05) is 0 Å². The number of esters is 1. The lowest BCUT2D eigenvalue weighted by Crippen LogP contribution is -2.39. The molecule has 0 amide bonds. The topological polar surface area (TPSA) is 44.8 Å². The number of hydrogen-bond acceptors (Lipinski definition) is 4. The second kappa shape index (κ2) is 5.25. The highest BCUT2D eigenvalue weighted by molar-refractivity contribution is 5.78. The van der Waals surface area contributed by atoms with Gasteiger partial charge in [0.05, 0.1) is 0 Å². The van der Waals surface area contributed by atoms with Crippen molar-refractivity contribution < 1.29 is 19.0 Å². The summed E-state index contributed by atoms with van der Waals surface area (Å²) in [6.45, 7) is 2.04. The quantitative estimate of drug-likeness (QED) is 0.621. The van der Waals surface area contributed by atoms with E-state index in [9.17, 15) is 4.79 Å². The van der Waals surface area contributed by atoms with Gasteiger partial charge in [0.1, 0.15) is 12.4 Å². The maximum atomic E-state index is 12.1. The molecule has 3 rings (SSSR count). The highest BCUT2D eigenvalue weighted by Gasteiger charge is 2.29. The van der Waals surface area contributed by atoms with Gasteiger partial charge in [0.25, 0.3) is 0 Å². The molecule has 0 unspecified atom stereocenters. The fraction of sp³-hybridized carbons (Fsp3) is 0.188. The number of rotatable bonds is 2. The monoisotopic (exact) mass is 270 g/mol. The van der Waals surface area contributed by atoms with Crippen LogP contribution in [-0.4, -0.2) is 18.7 Å². The van der Waals surface area contributed by atoms with Gasteiger partial charge in [-0.05, 0) is 30.7 Å². The van der Waals surface area contributed by atoms with Gasteiger partial charge in [-0.15, -0.1) is 0 Å². The van der Waals surface area contributed by atoms with Crippen LogP contribution in [0.3, 0.4) is 0 Å². The number of aryl methyl sites for hydroxylation is 1. The number of carbonyl (C=O) groups is 1. The molecule has 0 fully saturated rings. The van der Waals surface area contributed by atoms with Gasteiger partial charge in [0.15, 0.2) is 11.5 Å². The van der Waals surface area contributed by atoms with Crippen LogP contribution in [0.25, 0.3) is 0 Å². The zero-order chi connectivity index (χ0) is 13.9. The molecule has 0 saturated heterocycles. The molecule has 102 valence electrons.